The van der Waals surface area contributed by atoms with E-state index in [1.54, 1.807) is 16.2 Å². The predicted molar refractivity (Wildman–Crippen MR) is 82.1 cm³/mol. The molecule has 1 aromatic heterocycles. The number of hydrogen-bond acceptors (Lipinski definition) is 4. The summed E-state index contributed by atoms with van der Waals surface area (Å²) >= 11 is 1.61. The molecule has 0 spiro atoms. The van der Waals surface area contributed by atoms with Crippen LogP contribution in [0.5, 0.6) is 0 Å². The van der Waals surface area contributed by atoms with Crippen molar-refractivity contribution in [2.45, 2.75) is 39.8 Å². The molecule has 7 heteroatoms. The fourth-order valence-electron chi connectivity index (χ4n) is 2.42. The van der Waals surface area contributed by atoms with Crippen LogP contribution in [0.3, 0.4) is 0 Å². The van der Waals surface area contributed by atoms with Crippen molar-refractivity contribution in [1.29, 1.82) is 0 Å². The summed E-state index contributed by atoms with van der Waals surface area (Å²) in [6.45, 7) is 7.43. The van der Waals surface area contributed by atoms with Crippen molar-refractivity contribution in [1.82, 2.24) is 20.5 Å². The van der Waals surface area contributed by atoms with Gasteiger partial charge in [0, 0.05) is 24.2 Å². The Hall–Kier alpha value is -1.63. The van der Waals surface area contributed by atoms with Gasteiger partial charge in [0.25, 0.3) is 0 Å². The zero-order valence-electron chi connectivity index (χ0n) is 12.7. The highest BCUT2D eigenvalue weighted by Gasteiger charge is 2.35. The van der Waals surface area contributed by atoms with Crippen LogP contribution in [0.15, 0.2) is 6.20 Å². The van der Waals surface area contributed by atoms with Crippen LogP contribution in [0.4, 0.5) is 4.79 Å². The summed E-state index contributed by atoms with van der Waals surface area (Å²) in [6, 6.07) is -0.599. The fourth-order valence-corrected chi connectivity index (χ4v) is 3.22. The van der Waals surface area contributed by atoms with E-state index in [0.29, 0.717) is 19.6 Å². The van der Waals surface area contributed by atoms with Crippen LogP contribution in [0.1, 0.15) is 30.7 Å². The molecule has 2 N–H and O–H groups in total. The highest BCUT2D eigenvalue weighted by molar-refractivity contribution is 7.11. The lowest BCUT2D eigenvalue weighted by atomic mass is 10.00. The van der Waals surface area contributed by atoms with Gasteiger partial charge in [-0.3, -0.25) is 4.79 Å². The second kappa shape index (κ2) is 6.89. The Balaban J connectivity index is 1.96. The number of carbonyl (C=O) groups excluding carboxylic acids is 2. The molecule has 21 heavy (non-hydrogen) atoms. The number of carbonyl (C=O) groups is 2. The summed E-state index contributed by atoms with van der Waals surface area (Å²) in [6.07, 6.45) is 2.80. The quantitative estimate of drug-likeness (QED) is 0.882. The van der Waals surface area contributed by atoms with Crippen LogP contribution in [0.2, 0.25) is 0 Å². The van der Waals surface area contributed by atoms with Gasteiger partial charge in [-0.2, -0.15) is 0 Å². The number of nitrogens with one attached hydrogen (secondary N) is 2. The Morgan fingerprint density at radius 1 is 1.62 bits per heavy atom. The van der Waals surface area contributed by atoms with Crippen LogP contribution in [0.25, 0.3) is 0 Å². The number of thiazole rings is 1. The van der Waals surface area contributed by atoms with Crippen molar-refractivity contribution in [3.05, 3.63) is 16.1 Å². The first kappa shape index (κ1) is 15.8. The fraction of sp³-hybridized carbons (Fsp3) is 0.643. The first-order valence-electron chi connectivity index (χ1n) is 7.28. The van der Waals surface area contributed by atoms with Crippen molar-refractivity contribution in [2.24, 2.45) is 5.92 Å². The summed E-state index contributed by atoms with van der Waals surface area (Å²) in [4.78, 5) is 31.4. The molecule has 0 aromatic carbocycles. The largest absolute Gasteiger partial charge is 0.353 e. The molecule has 116 valence electrons. The smallest absolute Gasteiger partial charge is 0.318 e. The number of piperazine rings is 1. The number of rotatable bonds is 4. The third-order valence-corrected chi connectivity index (χ3v) is 4.63. The molecule has 1 aliphatic heterocycles. The average Bonchev–Trinajstić information content (AvgIpc) is 2.92. The molecule has 0 saturated carbocycles. The van der Waals surface area contributed by atoms with Gasteiger partial charge in [0.05, 0.1) is 6.54 Å². The molecule has 2 heterocycles. The molecular formula is C14H22N4O2S. The van der Waals surface area contributed by atoms with E-state index in [1.807, 2.05) is 20.0 Å². The Labute approximate surface area is 128 Å². The first-order chi connectivity index (χ1) is 10.0. The summed E-state index contributed by atoms with van der Waals surface area (Å²) in [5.74, 6) is 0.0107. The molecule has 1 aliphatic rings. The molecule has 1 unspecified atom stereocenters. The molecule has 0 aliphatic carbocycles. The summed E-state index contributed by atoms with van der Waals surface area (Å²) in [5.41, 5.74) is 0. The maximum atomic E-state index is 12.3. The van der Waals surface area contributed by atoms with Crippen molar-refractivity contribution < 1.29 is 9.59 Å². The van der Waals surface area contributed by atoms with E-state index in [1.165, 1.54) is 4.88 Å². The number of hydrogen-bond donors (Lipinski definition) is 2. The van der Waals surface area contributed by atoms with Gasteiger partial charge in [-0.25, -0.2) is 9.78 Å². The normalized spacial score (nSPS) is 18.8. The van der Waals surface area contributed by atoms with Gasteiger partial charge in [-0.05, 0) is 12.3 Å². The van der Waals surface area contributed by atoms with Crippen LogP contribution < -0.4 is 10.6 Å². The number of aromatic nitrogens is 1. The topological polar surface area (TPSA) is 74.3 Å². The van der Waals surface area contributed by atoms with Crippen LogP contribution in [-0.4, -0.2) is 41.0 Å². The Morgan fingerprint density at radius 2 is 2.38 bits per heavy atom. The van der Waals surface area contributed by atoms with Crippen molar-refractivity contribution >= 4 is 23.3 Å². The van der Waals surface area contributed by atoms with E-state index >= 15 is 0 Å². The van der Waals surface area contributed by atoms with Gasteiger partial charge < -0.3 is 15.5 Å². The third kappa shape index (κ3) is 3.72. The minimum absolute atomic E-state index is 0.0751. The Morgan fingerprint density at radius 3 is 3.00 bits per heavy atom. The number of aryl methyl sites for hydroxylation is 1. The van der Waals surface area contributed by atoms with Crippen molar-refractivity contribution in [3.8, 4) is 0 Å². The molecule has 0 radical (unpaired) electrons. The van der Waals surface area contributed by atoms with E-state index in [4.69, 9.17) is 0 Å². The molecular weight excluding hydrogens is 288 g/mol. The van der Waals surface area contributed by atoms with Crippen LogP contribution in [-0.2, 0) is 17.8 Å². The minimum atomic E-state index is -0.402. The molecule has 2 rings (SSSR count). The van der Waals surface area contributed by atoms with Gasteiger partial charge in [0.1, 0.15) is 11.0 Å². The molecule has 1 fully saturated rings. The molecule has 1 saturated heterocycles. The second-order valence-electron chi connectivity index (χ2n) is 5.41. The Kier molecular flexibility index (Phi) is 5.17. The zero-order valence-corrected chi connectivity index (χ0v) is 13.5. The van der Waals surface area contributed by atoms with Gasteiger partial charge in [0.2, 0.25) is 5.91 Å². The minimum Gasteiger partial charge on any atom is -0.353 e. The zero-order chi connectivity index (χ0) is 15.4. The molecule has 1 aromatic rings. The predicted octanol–water partition coefficient (Wildman–Crippen LogP) is 1.37. The number of amides is 3. The summed E-state index contributed by atoms with van der Waals surface area (Å²) in [5, 5.41) is 6.57. The maximum Gasteiger partial charge on any atom is 0.318 e. The summed E-state index contributed by atoms with van der Waals surface area (Å²) in [7, 11) is 0. The lowest BCUT2D eigenvalue weighted by molar-refractivity contribution is -0.129. The molecule has 1 atom stereocenters. The molecule has 0 bridgehead atoms. The van der Waals surface area contributed by atoms with Crippen molar-refractivity contribution in [3.63, 3.8) is 0 Å². The highest BCUT2D eigenvalue weighted by atomic mass is 32.1. The van der Waals surface area contributed by atoms with Gasteiger partial charge >= 0.3 is 6.03 Å². The standard InChI is InChI=1S/C14H22N4O2S/c1-4-10-7-16-11(21-10)8-17-14(20)18-6-5-15-13(19)12(18)9(2)3/h7,9,12H,4-6,8H2,1-3H3,(H,15,19)(H,17,20). The van der Waals surface area contributed by atoms with E-state index in [9.17, 15) is 9.59 Å². The second-order valence-corrected chi connectivity index (χ2v) is 6.61. The lowest BCUT2D eigenvalue weighted by Crippen LogP contribution is -2.61. The third-order valence-electron chi connectivity index (χ3n) is 3.49. The number of nitrogens with zero attached hydrogens (tertiary/aromatic N) is 2. The van der Waals surface area contributed by atoms with Crippen molar-refractivity contribution in [2.75, 3.05) is 13.1 Å². The van der Waals surface area contributed by atoms with Gasteiger partial charge in [-0.15, -0.1) is 11.3 Å². The molecule has 3 amide bonds. The van der Waals surface area contributed by atoms with Gasteiger partial charge in [0.15, 0.2) is 0 Å². The van der Waals surface area contributed by atoms with Crippen LogP contribution in [0, 0.1) is 5.92 Å². The lowest BCUT2D eigenvalue weighted by Gasteiger charge is -2.37. The highest BCUT2D eigenvalue weighted by Crippen LogP contribution is 2.16. The summed E-state index contributed by atoms with van der Waals surface area (Å²) < 4.78 is 0. The SMILES string of the molecule is CCc1cnc(CNC(=O)N2CCNC(=O)C2C(C)C)s1. The van der Waals surface area contributed by atoms with E-state index in [2.05, 4.69) is 22.5 Å². The molecule has 6 nitrogen and oxygen atoms in total. The average molecular weight is 310 g/mol. The van der Waals surface area contributed by atoms with E-state index < -0.39 is 6.04 Å². The van der Waals surface area contributed by atoms with Gasteiger partial charge in [-0.1, -0.05) is 20.8 Å². The van der Waals surface area contributed by atoms with E-state index in [0.717, 1.165) is 11.4 Å². The monoisotopic (exact) mass is 310 g/mol. The van der Waals surface area contributed by atoms with Crippen LogP contribution >= 0.6 is 11.3 Å². The maximum absolute atomic E-state index is 12.3. The number of urea groups is 1. The van der Waals surface area contributed by atoms with E-state index in [-0.39, 0.29) is 17.9 Å². The first-order valence-corrected chi connectivity index (χ1v) is 8.10. The Bertz CT molecular complexity index is 515.